The predicted molar refractivity (Wildman–Crippen MR) is 192 cm³/mol. The highest BCUT2D eigenvalue weighted by Gasteiger charge is 2.15. The van der Waals surface area contributed by atoms with Crippen molar-refractivity contribution in [1.82, 2.24) is 0 Å². The molecule has 0 aliphatic rings. The number of allylic oxidation sites excluding steroid dienone is 10. The Morgan fingerprint density at radius 3 is 1.87 bits per heavy atom. The van der Waals surface area contributed by atoms with Gasteiger partial charge in [0.05, 0.1) is 12.7 Å². The minimum atomic E-state index is -0.824. The number of hydrogen-bond donors (Lipinski definition) is 2. The zero-order valence-electron chi connectivity index (χ0n) is 29.3. The van der Waals surface area contributed by atoms with E-state index < -0.39 is 18.2 Å². The fourth-order valence-electron chi connectivity index (χ4n) is 4.55. The van der Waals surface area contributed by atoms with Crippen LogP contribution in [0, 0.1) is 5.92 Å². The van der Waals surface area contributed by atoms with Crippen molar-refractivity contribution in [2.24, 2.45) is 5.92 Å². The van der Waals surface area contributed by atoms with Crippen LogP contribution in [0.4, 0.5) is 0 Å². The molecule has 0 aliphatic carbocycles. The monoisotopic (exact) mass is 642 g/mol. The summed E-state index contributed by atoms with van der Waals surface area (Å²) in [5.74, 6) is 0.0888. The van der Waals surface area contributed by atoms with Gasteiger partial charge in [0.25, 0.3) is 0 Å². The maximum absolute atomic E-state index is 12.1. The summed E-state index contributed by atoms with van der Waals surface area (Å²) in [6.07, 6.45) is 40.2. The maximum Gasteiger partial charge on any atom is 0.306 e. The molecule has 0 amide bonds. The quantitative estimate of drug-likeness (QED) is 0.0351. The van der Waals surface area contributed by atoms with E-state index in [9.17, 15) is 19.8 Å². The van der Waals surface area contributed by atoms with E-state index in [1.54, 1.807) is 6.08 Å². The number of carbonyl (C=O) groups excluding carboxylic acids is 2. The van der Waals surface area contributed by atoms with Crippen LogP contribution in [0.5, 0.6) is 0 Å². The number of hydrogen-bond acceptors (Lipinski definition) is 6. The second kappa shape index (κ2) is 33.7. The predicted octanol–water partition coefficient (Wildman–Crippen LogP) is 9.83. The van der Waals surface area contributed by atoms with Gasteiger partial charge < -0.3 is 19.7 Å². The van der Waals surface area contributed by atoms with E-state index in [0.29, 0.717) is 19.3 Å². The van der Waals surface area contributed by atoms with Crippen molar-refractivity contribution in [2.45, 2.75) is 149 Å². The van der Waals surface area contributed by atoms with Gasteiger partial charge in [-0.3, -0.25) is 9.59 Å². The highest BCUT2D eigenvalue weighted by atomic mass is 16.6. The summed E-state index contributed by atoms with van der Waals surface area (Å²) >= 11 is 0. The lowest BCUT2D eigenvalue weighted by Gasteiger charge is -2.15. The highest BCUT2D eigenvalue weighted by Crippen LogP contribution is 2.14. The van der Waals surface area contributed by atoms with Crippen LogP contribution in [0.3, 0.4) is 0 Å². The van der Waals surface area contributed by atoms with E-state index in [0.717, 1.165) is 50.9 Å². The summed E-state index contributed by atoms with van der Waals surface area (Å²) in [5.41, 5.74) is 0. The minimum Gasteiger partial charge on any atom is -0.462 e. The molecule has 0 saturated heterocycles. The Morgan fingerprint density at radius 1 is 0.674 bits per heavy atom. The van der Waals surface area contributed by atoms with E-state index >= 15 is 0 Å². The number of aliphatic hydroxyl groups is 2. The van der Waals surface area contributed by atoms with Gasteiger partial charge in [0.15, 0.2) is 6.10 Å². The van der Waals surface area contributed by atoms with E-state index in [1.165, 1.54) is 44.9 Å². The van der Waals surface area contributed by atoms with Gasteiger partial charge in [-0.15, -0.1) is 0 Å². The molecule has 6 nitrogen and oxygen atoms in total. The van der Waals surface area contributed by atoms with Gasteiger partial charge in [-0.25, -0.2) is 0 Å². The van der Waals surface area contributed by atoms with Crippen molar-refractivity contribution in [1.29, 1.82) is 0 Å². The van der Waals surface area contributed by atoms with Crippen LogP contribution in [-0.4, -0.2) is 47.6 Å². The summed E-state index contributed by atoms with van der Waals surface area (Å²) in [7, 11) is 0. The number of unbranched alkanes of at least 4 members (excludes halogenated alkanes) is 8. The molecule has 0 bridgehead atoms. The molecule has 0 aromatic rings. The minimum absolute atomic E-state index is 0.109. The second-order valence-corrected chi connectivity index (χ2v) is 12.2. The van der Waals surface area contributed by atoms with E-state index in [1.807, 2.05) is 30.4 Å². The summed E-state index contributed by atoms with van der Waals surface area (Å²) in [6.45, 7) is 6.15. The van der Waals surface area contributed by atoms with Gasteiger partial charge in [0.2, 0.25) is 0 Å². The van der Waals surface area contributed by atoms with Gasteiger partial charge in [-0.05, 0) is 50.9 Å². The van der Waals surface area contributed by atoms with Crippen LogP contribution in [0.1, 0.15) is 136 Å². The molecular weight excluding hydrogens is 576 g/mol. The number of carbonyl (C=O) groups is 2. The first-order chi connectivity index (χ1) is 22.4. The molecule has 0 fully saturated rings. The lowest BCUT2D eigenvalue weighted by atomic mass is 10.0. The van der Waals surface area contributed by atoms with Crippen molar-refractivity contribution in [3.05, 3.63) is 72.9 Å². The smallest absolute Gasteiger partial charge is 0.306 e. The average molecular weight is 643 g/mol. The third kappa shape index (κ3) is 32.7. The Labute approximate surface area is 281 Å². The number of aliphatic hydroxyl groups excluding tert-OH is 2. The van der Waals surface area contributed by atoms with Crippen LogP contribution in [0.2, 0.25) is 0 Å². The summed E-state index contributed by atoms with van der Waals surface area (Å²) in [5, 5.41) is 19.3. The molecule has 0 saturated carbocycles. The molecule has 0 aliphatic heterocycles. The summed E-state index contributed by atoms with van der Waals surface area (Å²) in [6, 6.07) is 0. The van der Waals surface area contributed by atoms with Gasteiger partial charge in [0, 0.05) is 12.8 Å². The van der Waals surface area contributed by atoms with Crippen molar-refractivity contribution in [2.75, 3.05) is 13.2 Å². The van der Waals surface area contributed by atoms with Gasteiger partial charge in [-0.1, -0.05) is 151 Å². The lowest BCUT2D eigenvalue weighted by molar-refractivity contribution is -0.161. The molecule has 0 spiro atoms. The first-order valence-electron chi connectivity index (χ1n) is 18.0. The van der Waals surface area contributed by atoms with Crippen LogP contribution in [0.25, 0.3) is 0 Å². The van der Waals surface area contributed by atoms with Crippen LogP contribution in [0.15, 0.2) is 72.9 Å². The first kappa shape index (κ1) is 43.3. The fourth-order valence-corrected chi connectivity index (χ4v) is 4.55. The summed E-state index contributed by atoms with van der Waals surface area (Å²) < 4.78 is 10.5. The number of esters is 2. The van der Waals surface area contributed by atoms with Crippen LogP contribution < -0.4 is 0 Å². The highest BCUT2D eigenvalue weighted by molar-refractivity contribution is 5.70. The molecular formula is C40H66O6. The van der Waals surface area contributed by atoms with Gasteiger partial charge >= 0.3 is 11.9 Å². The Hall–Kier alpha value is -2.70. The molecule has 46 heavy (non-hydrogen) atoms. The van der Waals surface area contributed by atoms with E-state index in [-0.39, 0.29) is 25.6 Å². The largest absolute Gasteiger partial charge is 0.462 e. The van der Waals surface area contributed by atoms with E-state index in [4.69, 9.17) is 9.47 Å². The zero-order valence-corrected chi connectivity index (χ0v) is 29.3. The Balaban J connectivity index is 3.81. The first-order valence-corrected chi connectivity index (χ1v) is 18.0. The molecule has 0 aromatic heterocycles. The molecule has 1 unspecified atom stereocenters. The summed E-state index contributed by atoms with van der Waals surface area (Å²) in [4.78, 5) is 24.1. The second-order valence-electron chi connectivity index (χ2n) is 12.2. The van der Waals surface area contributed by atoms with Crippen LogP contribution >= 0.6 is 0 Å². The zero-order chi connectivity index (χ0) is 33.9. The average Bonchev–Trinajstić information content (AvgIpc) is 3.03. The molecule has 262 valence electrons. The molecule has 0 aromatic carbocycles. The molecule has 0 radical (unpaired) electrons. The topological polar surface area (TPSA) is 93.1 Å². The molecule has 6 heteroatoms. The van der Waals surface area contributed by atoms with Crippen molar-refractivity contribution < 1.29 is 29.3 Å². The van der Waals surface area contributed by atoms with Gasteiger partial charge in [0.1, 0.15) is 6.61 Å². The van der Waals surface area contributed by atoms with Crippen molar-refractivity contribution >= 4 is 11.9 Å². The van der Waals surface area contributed by atoms with Crippen LogP contribution in [-0.2, 0) is 19.1 Å². The molecule has 0 rings (SSSR count). The standard InChI is InChI=1S/C40H66O6/c1-4-5-24-30-37(42)31-26-21-17-13-9-7-6-8-10-14-19-23-28-33-40(44)46-38(34-41)35-45-39(43)32-27-22-18-15-11-12-16-20-25-29-36(2)3/h5,7-10,17,19,21,23-24,26,31,36-38,41-42H,4,6,11-16,18,20,22,25,27-30,32-35H2,1-3H3/b9-7-,10-8-,21-17+,23-19-,24-5-,31-26+/t37?,38-/m0/s1. The molecule has 2 N–H and O–H groups in total. The molecule has 2 atom stereocenters. The Bertz CT molecular complexity index is 895. The Kier molecular flexibility index (Phi) is 31.7. The normalized spacial score (nSPS) is 13.9. The third-order valence-electron chi connectivity index (χ3n) is 7.29. The van der Waals surface area contributed by atoms with E-state index in [2.05, 4.69) is 57.2 Å². The van der Waals surface area contributed by atoms with Crippen molar-refractivity contribution in [3.63, 3.8) is 0 Å². The molecule has 0 heterocycles. The van der Waals surface area contributed by atoms with Crippen molar-refractivity contribution in [3.8, 4) is 0 Å². The SMILES string of the molecule is CC/C=C\CC(O)/C=C/C=C/C/C=C\C/C=C\C/C=C\CCC(=O)O[C@@H](CO)COC(=O)CCCCCCCCCCCC(C)C. The fraction of sp³-hybridized carbons (Fsp3) is 0.650. The third-order valence-corrected chi connectivity index (χ3v) is 7.29. The number of ether oxygens (including phenoxy) is 2. The Morgan fingerprint density at radius 2 is 1.26 bits per heavy atom. The lowest BCUT2D eigenvalue weighted by Crippen LogP contribution is -2.28. The van der Waals surface area contributed by atoms with Gasteiger partial charge in [-0.2, -0.15) is 0 Å². The maximum atomic E-state index is 12.1. The number of rotatable bonds is 30.